The molecule has 2 aromatic carbocycles. The van der Waals surface area contributed by atoms with Crippen LogP contribution in [0.15, 0.2) is 64.0 Å². The average Bonchev–Trinajstić information content (AvgIpc) is 3.10. The van der Waals surface area contributed by atoms with Gasteiger partial charge in [-0.25, -0.2) is 9.18 Å². The highest BCUT2D eigenvalue weighted by Crippen LogP contribution is 2.24. The second kappa shape index (κ2) is 7.98. The maximum Gasteiger partial charge on any atom is 0.339 e. The Hall–Kier alpha value is -2.60. The Balaban J connectivity index is 1.66. The van der Waals surface area contributed by atoms with Gasteiger partial charge in [-0.3, -0.25) is 0 Å². The number of halogens is 1. The summed E-state index contributed by atoms with van der Waals surface area (Å²) in [5, 5.41) is 3.89. The molecule has 0 fully saturated rings. The first-order chi connectivity index (χ1) is 12.2. The minimum atomic E-state index is -0.400. The first-order valence-electron chi connectivity index (χ1n) is 7.78. The van der Waals surface area contributed by atoms with Gasteiger partial charge in [0.05, 0.1) is 5.56 Å². The van der Waals surface area contributed by atoms with Crippen LogP contribution in [0, 0.1) is 5.82 Å². The van der Waals surface area contributed by atoms with Crippen LogP contribution in [-0.2, 0) is 11.3 Å². The molecule has 0 amide bonds. The zero-order valence-corrected chi connectivity index (χ0v) is 14.4. The van der Waals surface area contributed by atoms with E-state index in [9.17, 15) is 9.18 Å². The number of ether oxygens (including phenoxy) is 1. The van der Waals surface area contributed by atoms with E-state index >= 15 is 0 Å². The molecule has 0 spiro atoms. The molecule has 0 unspecified atom stereocenters. The first-order valence-corrected chi connectivity index (χ1v) is 8.76. The number of benzene rings is 2. The molecule has 3 aromatic rings. The van der Waals surface area contributed by atoms with Crippen LogP contribution in [0.2, 0.25) is 0 Å². The van der Waals surface area contributed by atoms with E-state index in [0.29, 0.717) is 22.6 Å². The monoisotopic (exact) mass is 357 g/mol. The van der Waals surface area contributed by atoms with E-state index in [0.717, 1.165) is 10.6 Å². The smallest absolute Gasteiger partial charge is 0.339 e. The van der Waals surface area contributed by atoms with Gasteiger partial charge in [0.25, 0.3) is 0 Å². The van der Waals surface area contributed by atoms with Gasteiger partial charge in [0.2, 0.25) is 0 Å². The van der Waals surface area contributed by atoms with Gasteiger partial charge in [-0.05, 0) is 42.2 Å². The maximum atomic E-state index is 13.0. The number of thioether (sulfide) groups is 1. The van der Waals surface area contributed by atoms with Crippen LogP contribution < -0.4 is 0 Å². The van der Waals surface area contributed by atoms with E-state index in [1.807, 2.05) is 19.1 Å². The second-order valence-corrected chi connectivity index (χ2v) is 6.50. The topological polar surface area (TPSA) is 52.3 Å². The van der Waals surface area contributed by atoms with Crippen molar-refractivity contribution in [3.8, 4) is 11.3 Å². The van der Waals surface area contributed by atoms with Gasteiger partial charge in [-0.15, -0.1) is 11.8 Å². The van der Waals surface area contributed by atoms with Crippen LogP contribution in [0.3, 0.4) is 0 Å². The molecule has 0 aliphatic heterocycles. The lowest BCUT2D eigenvalue weighted by Crippen LogP contribution is -2.06. The van der Waals surface area contributed by atoms with E-state index in [1.165, 1.54) is 12.1 Å². The van der Waals surface area contributed by atoms with Crippen molar-refractivity contribution in [3.63, 3.8) is 0 Å². The third-order valence-corrected chi connectivity index (χ3v) is 4.40. The first kappa shape index (κ1) is 17.2. The molecule has 1 aromatic heterocycles. The number of nitrogens with zero attached hydrogens (tertiary/aromatic N) is 1. The molecule has 0 N–H and O–H groups in total. The van der Waals surface area contributed by atoms with Gasteiger partial charge in [0, 0.05) is 16.5 Å². The molecule has 25 heavy (non-hydrogen) atoms. The summed E-state index contributed by atoms with van der Waals surface area (Å²) in [7, 11) is 0. The Morgan fingerprint density at radius 1 is 1.20 bits per heavy atom. The highest BCUT2D eigenvalue weighted by Gasteiger charge is 2.14. The van der Waals surface area contributed by atoms with Crippen LogP contribution in [0.4, 0.5) is 4.39 Å². The number of hydrogen-bond donors (Lipinski definition) is 0. The summed E-state index contributed by atoms with van der Waals surface area (Å²) in [5.41, 5.74) is 1.74. The van der Waals surface area contributed by atoms with E-state index in [4.69, 9.17) is 9.26 Å². The molecule has 0 saturated carbocycles. The fourth-order valence-electron chi connectivity index (χ4n) is 2.26. The number of aromatic nitrogens is 1. The predicted molar refractivity (Wildman–Crippen MR) is 93.9 cm³/mol. The van der Waals surface area contributed by atoms with Crippen molar-refractivity contribution < 1.29 is 18.4 Å². The van der Waals surface area contributed by atoms with E-state index < -0.39 is 5.97 Å². The lowest BCUT2D eigenvalue weighted by Gasteiger charge is -2.07. The molecule has 0 saturated heterocycles. The lowest BCUT2D eigenvalue weighted by atomic mass is 10.1. The van der Waals surface area contributed by atoms with E-state index in [1.54, 1.807) is 42.1 Å². The molecule has 6 heteroatoms. The summed E-state index contributed by atoms with van der Waals surface area (Å²) in [5.74, 6) is 0.645. The van der Waals surface area contributed by atoms with Gasteiger partial charge in [0.15, 0.2) is 5.76 Å². The van der Waals surface area contributed by atoms with Gasteiger partial charge in [-0.1, -0.05) is 24.2 Å². The molecule has 0 atom stereocenters. The number of hydrogen-bond acceptors (Lipinski definition) is 5. The van der Waals surface area contributed by atoms with Crippen LogP contribution in [0.25, 0.3) is 11.3 Å². The Bertz CT molecular complexity index is 861. The number of rotatable bonds is 6. The molecule has 3 rings (SSSR count). The zero-order chi connectivity index (χ0) is 17.6. The molecule has 1 heterocycles. The zero-order valence-electron chi connectivity index (χ0n) is 13.6. The van der Waals surface area contributed by atoms with Crippen LogP contribution >= 0.6 is 11.8 Å². The van der Waals surface area contributed by atoms with Crippen molar-refractivity contribution in [2.45, 2.75) is 18.4 Å². The molecular weight excluding hydrogens is 341 g/mol. The summed E-state index contributed by atoms with van der Waals surface area (Å²) < 4.78 is 23.5. The van der Waals surface area contributed by atoms with Gasteiger partial charge in [0.1, 0.15) is 18.1 Å². The third kappa shape index (κ3) is 4.28. The molecule has 0 aliphatic rings. The fraction of sp³-hybridized carbons (Fsp3) is 0.158. The minimum Gasteiger partial charge on any atom is -0.455 e. The SMILES string of the molecule is CCSc1ccccc1C(=O)OCc1cc(-c2ccc(F)cc2)on1. The Labute approximate surface area is 149 Å². The van der Waals surface area contributed by atoms with E-state index in [2.05, 4.69) is 5.16 Å². The fourth-order valence-corrected chi connectivity index (χ4v) is 3.06. The molecule has 0 bridgehead atoms. The van der Waals surface area contributed by atoms with Gasteiger partial charge >= 0.3 is 5.97 Å². The summed E-state index contributed by atoms with van der Waals surface area (Å²) in [6, 6.07) is 14.9. The van der Waals surface area contributed by atoms with Crippen LogP contribution in [-0.4, -0.2) is 16.9 Å². The summed E-state index contributed by atoms with van der Waals surface area (Å²) in [6.07, 6.45) is 0. The van der Waals surface area contributed by atoms with Gasteiger partial charge in [-0.2, -0.15) is 0 Å². The van der Waals surface area contributed by atoms with Crippen molar-refractivity contribution in [1.29, 1.82) is 0 Å². The van der Waals surface area contributed by atoms with Crippen LogP contribution in [0.1, 0.15) is 23.0 Å². The number of esters is 1. The Morgan fingerprint density at radius 3 is 2.72 bits per heavy atom. The lowest BCUT2D eigenvalue weighted by molar-refractivity contribution is 0.0460. The standard InChI is InChI=1S/C19H16FNO3S/c1-2-25-18-6-4-3-5-16(18)19(22)23-12-15-11-17(24-21-15)13-7-9-14(20)10-8-13/h3-11H,2,12H2,1H3. The number of carbonyl (C=O) groups is 1. The summed E-state index contributed by atoms with van der Waals surface area (Å²) >= 11 is 1.59. The molecule has 0 radical (unpaired) electrons. The predicted octanol–water partition coefficient (Wildman–Crippen LogP) is 4.95. The summed E-state index contributed by atoms with van der Waals surface area (Å²) in [4.78, 5) is 13.2. The van der Waals surface area contributed by atoms with Gasteiger partial charge < -0.3 is 9.26 Å². The highest BCUT2D eigenvalue weighted by molar-refractivity contribution is 7.99. The second-order valence-electron chi connectivity index (χ2n) is 5.19. The van der Waals surface area contributed by atoms with E-state index in [-0.39, 0.29) is 12.4 Å². The largest absolute Gasteiger partial charge is 0.455 e. The quantitative estimate of drug-likeness (QED) is 0.461. The Kier molecular flexibility index (Phi) is 5.50. The third-order valence-electron chi connectivity index (χ3n) is 3.45. The van der Waals surface area contributed by atoms with Crippen molar-refractivity contribution >= 4 is 17.7 Å². The summed E-state index contributed by atoms with van der Waals surface area (Å²) in [6.45, 7) is 2.04. The maximum absolute atomic E-state index is 13.0. The van der Waals surface area contributed by atoms with Crippen molar-refractivity contribution in [2.75, 3.05) is 5.75 Å². The van der Waals surface area contributed by atoms with Crippen molar-refractivity contribution in [3.05, 3.63) is 71.7 Å². The molecule has 0 aliphatic carbocycles. The molecular formula is C19H16FNO3S. The normalized spacial score (nSPS) is 10.6. The molecule has 128 valence electrons. The van der Waals surface area contributed by atoms with Crippen molar-refractivity contribution in [2.24, 2.45) is 0 Å². The Morgan fingerprint density at radius 2 is 1.96 bits per heavy atom. The number of carbonyl (C=O) groups excluding carboxylic acids is 1. The molecule has 4 nitrogen and oxygen atoms in total. The van der Waals surface area contributed by atoms with Crippen molar-refractivity contribution in [1.82, 2.24) is 5.16 Å². The highest BCUT2D eigenvalue weighted by atomic mass is 32.2. The minimum absolute atomic E-state index is 0.00859. The van der Waals surface area contributed by atoms with Crippen LogP contribution in [0.5, 0.6) is 0 Å². The average molecular weight is 357 g/mol.